The van der Waals surface area contributed by atoms with E-state index in [4.69, 9.17) is 15.6 Å². The molecule has 1 heterocycles. The lowest BCUT2D eigenvalue weighted by atomic mass is 10.0. The van der Waals surface area contributed by atoms with Crippen LogP contribution in [0, 0.1) is 0 Å². The van der Waals surface area contributed by atoms with Crippen molar-refractivity contribution in [1.29, 1.82) is 0 Å². The lowest BCUT2D eigenvalue weighted by molar-refractivity contribution is -0.167. The van der Waals surface area contributed by atoms with Gasteiger partial charge in [0.1, 0.15) is 0 Å². The van der Waals surface area contributed by atoms with Crippen molar-refractivity contribution in [3.05, 3.63) is 0 Å². The van der Waals surface area contributed by atoms with Crippen LogP contribution in [0.25, 0.3) is 0 Å². The number of hydrogen-bond donors (Lipinski definition) is 2. The topological polar surface area (TPSA) is 75.8 Å². The predicted molar refractivity (Wildman–Crippen MR) is 65.5 cm³/mol. The van der Waals surface area contributed by atoms with Gasteiger partial charge in [0.25, 0.3) is 0 Å². The Morgan fingerprint density at radius 1 is 1.65 bits per heavy atom. The molecule has 2 unspecified atom stereocenters. The van der Waals surface area contributed by atoms with Gasteiger partial charge in [-0.25, -0.2) is 0 Å². The number of carbonyl (C=O) groups is 1. The maximum absolute atomic E-state index is 12.0. The minimum Gasteiger partial charge on any atom is -0.394 e. The van der Waals surface area contributed by atoms with Crippen molar-refractivity contribution < 1.29 is 14.6 Å². The normalized spacial score (nSPS) is 25.7. The van der Waals surface area contributed by atoms with Crippen molar-refractivity contribution in [3.8, 4) is 0 Å². The number of aliphatic hydroxyl groups is 1. The molecule has 1 amide bonds. The zero-order chi connectivity index (χ0) is 13.1. The summed E-state index contributed by atoms with van der Waals surface area (Å²) in [5, 5.41) is 9.16. The smallest absolute Gasteiger partial charge is 0.222 e. The fourth-order valence-electron chi connectivity index (χ4n) is 2.09. The largest absolute Gasteiger partial charge is 0.394 e. The molecular formula is C12H24N2O3. The highest BCUT2D eigenvalue weighted by atomic mass is 16.5. The summed E-state index contributed by atoms with van der Waals surface area (Å²) < 4.78 is 5.66. The van der Waals surface area contributed by atoms with E-state index in [9.17, 15) is 4.79 Å². The molecule has 1 rings (SSSR count). The minimum absolute atomic E-state index is 0.0432. The summed E-state index contributed by atoms with van der Waals surface area (Å²) in [6, 6.07) is 0.0432. The molecule has 1 aliphatic heterocycles. The summed E-state index contributed by atoms with van der Waals surface area (Å²) in [5.41, 5.74) is 5.25. The fraction of sp³-hybridized carbons (Fsp3) is 0.917. The standard InChI is InChI=1S/C12H24N2O3/c1-9(13)4-5-11(16)14-6-10(7-15)17-12(2,3)8-14/h9-10,15H,4-8,13H2,1-3H3. The summed E-state index contributed by atoms with van der Waals surface area (Å²) in [6.45, 7) is 6.74. The molecule has 17 heavy (non-hydrogen) atoms. The van der Waals surface area contributed by atoms with Crippen LogP contribution in [0.5, 0.6) is 0 Å². The van der Waals surface area contributed by atoms with E-state index in [1.165, 1.54) is 0 Å². The highest BCUT2D eigenvalue weighted by Crippen LogP contribution is 2.21. The predicted octanol–water partition coefficient (Wildman–Crippen LogP) is 0.112. The van der Waals surface area contributed by atoms with Crippen molar-refractivity contribution in [3.63, 3.8) is 0 Å². The molecule has 0 aromatic carbocycles. The Morgan fingerprint density at radius 2 is 2.29 bits per heavy atom. The van der Waals surface area contributed by atoms with Gasteiger partial charge in [-0.05, 0) is 27.2 Å². The number of amides is 1. The molecule has 1 fully saturated rings. The monoisotopic (exact) mass is 244 g/mol. The van der Waals surface area contributed by atoms with E-state index < -0.39 is 5.60 Å². The second kappa shape index (κ2) is 5.80. The second-order valence-electron chi connectivity index (χ2n) is 5.47. The Labute approximate surface area is 103 Å². The molecule has 0 radical (unpaired) electrons. The van der Waals surface area contributed by atoms with Gasteiger partial charge in [-0.3, -0.25) is 4.79 Å². The highest BCUT2D eigenvalue weighted by Gasteiger charge is 2.34. The number of nitrogens with zero attached hydrogens (tertiary/aromatic N) is 1. The number of ether oxygens (including phenoxy) is 1. The van der Waals surface area contributed by atoms with Crippen LogP contribution in [0.1, 0.15) is 33.6 Å². The molecule has 0 bridgehead atoms. The van der Waals surface area contributed by atoms with E-state index >= 15 is 0 Å². The van der Waals surface area contributed by atoms with E-state index in [0.29, 0.717) is 25.9 Å². The average molecular weight is 244 g/mol. The van der Waals surface area contributed by atoms with Crippen LogP contribution in [0.4, 0.5) is 0 Å². The van der Waals surface area contributed by atoms with Gasteiger partial charge in [0.15, 0.2) is 0 Å². The molecule has 0 aliphatic carbocycles. The van der Waals surface area contributed by atoms with Crippen LogP contribution in [0.2, 0.25) is 0 Å². The lowest BCUT2D eigenvalue weighted by Crippen LogP contribution is -2.55. The average Bonchev–Trinajstić information content (AvgIpc) is 2.23. The SMILES string of the molecule is CC(N)CCC(=O)N1CC(CO)OC(C)(C)C1. The van der Waals surface area contributed by atoms with Gasteiger partial charge in [0.05, 0.1) is 18.3 Å². The number of carbonyl (C=O) groups excluding carboxylic acids is 1. The Balaban J connectivity index is 2.54. The summed E-state index contributed by atoms with van der Waals surface area (Å²) in [6.07, 6.45) is 0.879. The lowest BCUT2D eigenvalue weighted by Gasteiger charge is -2.42. The summed E-state index contributed by atoms with van der Waals surface area (Å²) >= 11 is 0. The van der Waals surface area contributed by atoms with Gasteiger partial charge in [-0.2, -0.15) is 0 Å². The first-order valence-electron chi connectivity index (χ1n) is 6.16. The Hall–Kier alpha value is -0.650. The van der Waals surface area contributed by atoms with Crippen LogP contribution < -0.4 is 5.73 Å². The van der Waals surface area contributed by atoms with E-state index in [1.807, 2.05) is 20.8 Å². The molecule has 0 aromatic heterocycles. The second-order valence-corrected chi connectivity index (χ2v) is 5.47. The molecule has 0 saturated carbocycles. The van der Waals surface area contributed by atoms with Gasteiger partial charge < -0.3 is 20.5 Å². The molecule has 5 nitrogen and oxygen atoms in total. The maximum Gasteiger partial charge on any atom is 0.222 e. The molecule has 100 valence electrons. The molecule has 0 spiro atoms. The van der Waals surface area contributed by atoms with Crippen molar-refractivity contribution in [2.24, 2.45) is 5.73 Å². The van der Waals surface area contributed by atoms with E-state index in [0.717, 1.165) is 0 Å². The van der Waals surface area contributed by atoms with Crippen LogP contribution in [-0.4, -0.2) is 53.4 Å². The minimum atomic E-state index is -0.393. The fourth-order valence-corrected chi connectivity index (χ4v) is 2.09. The number of morpholine rings is 1. The molecule has 0 aromatic rings. The zero-order valence-corrected chi connectivity index (χ0v) is 11.0. The summed E-state index contributed by atoms with van der Waals surface area (Å²) in [4.78, 5) is 13.8. The highest BCUT2D eigenvalue weighted by molar-refractivity contribution is 5.76. The summed E-state index contributed by atoms with van der Waals surface area (Å²) in [5.74, 6) is 0.0946. The molecule has 3 N–H and O–H groups in total. The zero-order valence-electron chi connectivity index (χ0n) is 11.0. The third kappa shape index (κ3) is 4.61. The van der Waals surface area contributed by atoms with Crippen molar-refractivity contribution in [2.75, 3.05) is 19.7 Å². The van der Waals surface area contributed by atoms with Gasteiger partial charge in [-0.1, -0.05) is 0 Å². The third-order valence-corrected chi connectivity index (χ3v) is 2.85. The molecule has 5 heteroatoms. The van der Waals surface area contributed by atoms with Crippen LogP contribution in [0.15, 0.2) is 0 Å². The number of nitrogens with two attached hydrogens (primary N) is 1. The first-order chi connectivity index (χ1) is 7.84. The van der Waals surface area contributed by atoms with Crippen molar-refractivity contribution >= 4 is 5.91 Å². The first kappa shape index (κ1) is 14.4. The van der Waals surface area contributed by atoms with E-state index in [-0.39, 0.29) is 24.7 Å². The van der Waals surface area contributed by atoms with Crippen LogP contribution in [0.3, 0.4) is 0 Å². The Kier molecular flexibility index (Phi) is 4.91. The Morgan fingerprint density at radius 3 is 2.82 bits per heavy atom. The quantitative estimate of drug-likeness (QED) is 0.736. The van der Waals surface area contributed by atoms with E-state index in [1.54, 1.807) is 4.90 Å². The summed E-state index contributed by atoms with van der Waals surface area (Å²) in [7, 11) is 0. The van der Waals surface area contributed by atoms with Crippen molar-refractivity contribution in [2.45, 2.75) is 51.4 Å². The van der Waals surface area contributed by atoms with Gasteiger partial charge in [0, 0.05) is 25.6 Å². The number of hydrogen-bond acceptors (Lipinski definition) is 4. The first-order valence-corrected chi connectivity index (χ1v) is 6.16. The van der Waals surface area contributed by atoms with E-state index in [2.05, 4.69) is 0 Å². The van der Waals surface area contributed by atoms with Crippen molar-refractivity contribution in [1.82, 2.24) is 4.90 Å². The molecule has 2 atom stereocenters. The van der Waals surface area contributed by atoms with Gasteiger partial charge in [-0.15, -0.1) is 0 Å². The van der Waals surface area contributed by atoms with Gasteiger partial charge in [0.2, 0.25) is 5.91 Å². The van der Waals surface area contributed by atoms with Gasteiger partial charge >= 0.3 is 0 Å². The van der Waals surface area contributed by atoms with Crippen LogP contribution >= 0.6 is 0 Å². The third-order valence-electron chi connectivity index (χ3n) is 2.85. The molecular weight excluding hydrogens is 220 g/mol. The maximum atomic E-state index is 12.0. The molecule has 1 aliphatic rings. The van der Waals surface area contributed by atoms with Crippen LogP contribution in [-0.2, 0) is 9.53 Å². The Bertz CT molecular complexity index is 266. The molecule has 1 saturated heterocycles. The number of rotatable bonds is 4. The number of aliphatic hydroxyl groups excluding tert-OH is 1.